The lowest BCUT2D eigenvalue weighted by Gasteiger charge is -2.52. The number of carbonyl (C=O) groups is 1. The average molecular weight is 577 g/mol. The van der Waals surface area contributed by atoms with Gasteiger partial charge in [-0.1, -0.05) is 37.0 Å². The Morgan fingerprint density at radius 3 is 2.56 bits per heavy atom. The number of anilines is 1. The van der Waals surface area contributed by atoms with Crippen molar-refractivity contribution in [3.63, 3.8) is 0 Å². The highest BCUT2D eigenvalue weighted by molar-refractivity contribution is 7.15. The van der Waals surface area contributed by atoms with Crippen molar-refractivity contribution in [2.75, 3.05) is 25.5 Å². The minimum atomic E-state index is -2.81. The lowest BCUT2D eigenvalue weighted by atomic mass is 9.80. The predicted octanol–water partition coefficient (Wildman–Crippen LogP) is 5.43. The third-order valence-corrected chi connectivity index (χ3v) is 7.66. The van der Waals surface area contributed by atoms with Crippen LogP contribution in [0.4, 0.5) is 13.9 Å². The summed E-state index contributed by atoms with van der Waals surface area (Å²) in [5.41, 5.74) is 0.510. The highest BCUT2D eigenvalue weighted by atomic mass is 32.1. The van der Waals surface area contributed by atoms with Gasteiger partial charge in [-0.15, -0.1) is 10.2 Å². The molecule has 2 fully saturated rings. The van der Waals surface area contributed by atoms with Crippen LogP contribution in [0.1, 0.15) is 73.7 Å². The lowest BCUT2D eigenvalue weighted by molar-refractivity contribution is -0.0205. The number of ether oxygens (including phenoxy) is 1. The Labute approximate surface area is 242 Å². The zero-order valence-electron chi connectivity index (χ0n) is 23.5. The summed E-state index contributed by atoms with van der Waals surface area (Å²) in [6.45, 7) is 10.4. The Bertz CT molecular complexity index is 1600. The Hall–Kier alpha value is -3.93. The zero-order valence-corrected chi connectivity index (χ0v) is 24.3. The molecule has 3 aromatic heterocycles. The second-order valence-electron chi connectivity index (χ2n) is 11.5. The van der Waals surface area contributed by atoms with Gasteiger partial charge < -0.3 is 4.74 Å². The molecule has 212 valence electrons. The van der Waals surface area contributed by atoms with Crippen molar-refractivity contribution in [3.8, 4) is 40.6 Å². The molecule has 0 aromatic carbocycles. The topological polar surface area (TPSA) is 93.1 Å². The summed E-state index contributed by atoms with van der Waals surface area (Å²) in [7, 11) is 1.41. The molecule has 1 amide bonds. The first-order valence-electron chi connectivity index (χ1n) is 13.2. The molecule has 1 N–H and O–H groups in total. The lowest BCUT2D eigenvalue weighted by Crippen LogP contribution is -2.60. The predicted molar refractivity (Wildman–Crippen MR) is 153 cm³/mol. The minimum Gasteiger partial charge on any atom is -0.494 e. The number of halogens is 2. The Kier molecular flexibility index (Phi) is 7.78. The van der Waals surface area contributed by atoms with Crippen LogP contribution in [0.15, 0.2) is 24.5 Å². The van der Waals surface area contributed by atoms with E-state index in [1.54, 1.807) is 6.07 Å². The van der Waals surface area contributed by atoms with Gasteiger partial charge in [0.1, 0.15) is 17.1 Å². The molecule has 11 heteroatoms. The molecule has 1 aliphatic carbocycles. The molecule has 41 heavy (non-hydrogen) atoms. The molecule has 2 aliphatic rings. The molecule has 0 atom stereocenters. The molecule has 0 radical (unpaired) electrons. The third kappa shape index (κ3) is 6.70. The fourth-order valence-corrected chi connectivity index (χ4v) is 5.04. The molecular weight excluding hydrogens is 546 g/mol. The quantitative estimate of drug-likeness (QED) is 0.392. The van der Waals surface area contributed by atoms with Crippen LogP contribution in [-0.2, 0) is 0 Å². The molecule has 0 bridgehead atoms. The Morgan fingerprint density at radius 1 is 1.15 bits per heavy atom. The first-order chi connectivity index (χ1) is 19.4. The summed E-state index contributed by atoms with van der Waals surface area (Å²) >= 11 is 1.16. The molecule has 3 aromatic rings. The number of aromatic nitrogens is 4. The second kappa shape index (κ2) is 11.2. The van der Waals surface area contributed by atoms with Gasteiger partial charge in [-0.2, -0.15) is 0 Å². The van der Waals surface area contributed by atoms with Crippen LogP contribution in [-0.4, -0.2) is 56.7 Å². The molecule has 5 rings (SSSR count). The number of rotatable bonds is 6. The molecule has 0 spiro atoms. The van der Waals surface area contributed by atoms with Crippen molar-refractivity contribution < 1.29 is 18.3 Å². The van der Waals surface area contributed by atoms with E-state index in [1.165, 1.54) is 25.6 Å². The number of likely N-dealkylation sites (tertiary alicyclic amines) is 1. The van der Waals surface area contributed by atoms with E-state index in [1.807, 2.05) is 13.8 Å². The van der Waals surface area contributed by atoms with Crippen molar-refractivity contribution in [2.45, 2.75) is 52.5 Å². The van der Waals surface area contributed by atoms with Crippen molar-refractivity contribution in [1.29, 1.82) is 0 Å². The maximum atomic E-state index is 13.6. The van der Waals surface area contributed by atoms with E-state index in [0.29, 0.717) is 22.2 Å². The fraction of sp³-hybridized carbons (Fsp3) is 0.433. The summed E-state index contributed by atoms with van der Waals surface area (Å²) in [4.78, 5) is 24.0. The summed E-state index contributed by atoms with van der Waals surface area (Å²) in [6.07, 6.45) is 1.96. The number of nitrogens with zero attached hydrogens (tertiary/aromatic N) is 5. The van der Waals surface area contributed by atoms with Crippen molar-refractivity contribution in [3.05, 3.63) is 46.5 Å². The summed E-state index contributed by atoms with van der Waals surface area (Å²) < 4.78 is 32.7. The maximum absolute atomic E-state index is 13.6. The zero-order chi connectivity index (χ0) is 29.4. The van der Waals surface area contributed by atoms with Gasteiger partial charge in [-0.05, 0) is 56.1 Å². The summed E-state index contributed by atoms with van der Waals surface area (Å²) in [5.74, 6) is 12.6. The molecule has 1 aliphatic heterocycles. The van der Waals surface area contributed by atoms with Gasteiger partial charge in [0.2, 0.25) is 5.13 Å². The minimum absolute atomic E-state index is 0.129. The number of methoxy groups -OCH3 is 1. The van der Waals surface area contributed by atoms with Crippen LogP contribution < -0.4 is 10.1 Å². The van der Waals surface area contributed by atoms with Crippen molar-refractivity contribution >= 4 is 22.4 Å². The molecule has 8 nitrogen and oxygen atoms in total. The Balaban J connectivity index is 1.50. The van der Waals surface area contributed by atoms with Gasteiger partial charge in [0.15, 0.2) is 5.01 Å². The van der Waals surface area contributed by atoms with Crippen molar-refractivity contribution in [2.24, 2.45) is 11.3 Å². The van der Waals surface area contributed by atoms with Gasteiger partial charge >= 0.3 is 0 Å². The van der Waals surface area contributed by atoms with Crippen LogP contribution in [0.2, 0.25) is 0 Å². The largest absolute Gasteiger partial charge is 0.494 e. The number of hydrogen-bond acceptors (Lipinski definition) is 8. The first kappa shape index (κ1) is 28.6. The average Bonchev–Trinajstić information content (AvgIpc) is 3.66. The molecule has 0 unspecified atom stereocenters. The molecule has 4 heterocycles. The van der Waals surface area contributed by atoms with E-state index >= 15 is 0 Å². The number of alkyl halides is 2. The van der Waals surface area contributed by atoms with E-state index in [0.717, 1.165) is 37.3 Å². The first-order valence-corrected chi connectivity index (χ1v) is 14.0. The second-order valence-corrected chi connectivity index (χ2v) is 12.4. The Morgan fingerprint density at radius 2 is 1.90 bits per heavy atom. The number of nitrogens with one attached hydrogen (secondary N) is 1. The highest BCUT2D eigenvalue weighted by Gasteiger charge is 2.41. The van der Waals surface area contributed by atoms with E-state index in [4.69, 9.17) is 4.74 Å². The van der Waals surface area contributed by atoms with Crippen LogP contribution in [0.25, 0.3) is 11.1 Å². The van der Waals surface area contributed by atoms with Gasteiger partial charge in [-0.3, -0.25) is 20.0 Å². The SMILES string of the molecule is COc1cnc(C(F)F)cc1-c1cc(C#CC(C)(C)N2CC(C)(C)C2)ncc1C(=O)Nc1nnc(C#CC2CC2)s1. The fourth-order valence-electron chi connectivity index (χ4n) is 4.44. The maximum Gasteiger partial charge on any atom is 0.280 e. The van der Waals surface area contributed by atoms with E-state index in [9.17, 15) is 13.6 Å². The highest BCUT2D eigenvalue weighted by Crippen LogP contribution is 2.36. The van der Waals surface area contributed by atoms with Crippen LogP contribution in [0.3, 0.4) is 0 Å². The normalized spacial score (nSPS) is 16.2. The summed E-state index contributed by atoms with van der Waals surface area (Å²) in [5, 5.41) is 11.5. The van der Waals surface area contributed by atoms with Crippen LogP contribution in [0.5, 0.6) is 5.75 Å². The standard InChI is InChI=1S/C30H30F2N6O2S/c1-29(2)16-38(17-29)30(3,4)11-10-19-12-20(21-13-23(26(31)32)34-15-24(21)40-5)22(14-33-19)27(39)35-28-37-36-25(41-28)9-8-18-6-7-18/h12-15,18,26H,6-7,16-17H2,1-5H3,(H,35,37,39). The van der Waals surface area contributed by atoms with Gasteiger partial charge in [0.05, 0.1) is 24.4 Å². The van der Waals surface area contributed by atoms with Gasteiger partial charge in [-0.25, -0.2) is 13.8 Å². The van der Waals surface area contributed by atoms with Crippen LogP contribution >= 0.6 is 11.3 Å². The van der Waals surface area contributed by atoms with E-state index < -0.39 is 23.6 Å². The summed E-state index contributed by atoms with van der Waals surface area (Å²) in [6, 6.07) is 2.83. The molecule has 1 saturated heterocycles. The van der Waals surface area contributed by atoms with Crippen LogP contribution in [0, 0.1) is 35.0 Å². The molecular formula is C30H30F2N6O2S. The van der Waals surface area contributed by atoms with Gasteiger partial charge in [0, 0.05) is 36.3 Å². The number of amides is 1. The van der Waals surface area contributed by atoms with Gasteiger partial charge in [0.25, 0.3) is 12.3 Å². The number of pyridine rings is 2. The molecule has 1 saturated carbocycles. The number of hydrogen-bond donors (Lipinski definition) is 1. The van der Waals surface area contributed by atoms with Crippen molar-refractivity contribution in [1.82, 2.24) is 25.1 Å². The number of carbonyl (C=O) groups excluding carboxylic acids is 1. The monoisotopic (exact) mass is 576 g/mol. The smallest absolute Gasteiger partial charge is 0.280 e. The third-order valence-electron chi connectivity index (χ3n) is 6.90. The van der Waals surface area contributed by atoms with E-state index in [-0.39, 0.29) is 27.4 Å². The van der Waals surface area contributed by atoms with E-state index in [2.05, 4.69) is 67.9 Å².